The molecule has 3 N–H and O–H groups in total. The Hall–Kier alpha value is -5.38. The molecule has 40 heavy (non-hydrogen) atoms. The van der Waals surface area contributed by atoms with E-state index < -0.39 is 5.97 Å². The van der Waals surface area contributed by atoms with Gasteiger partial charge >= 0.3 is 5.97 Å². The Kier molecular flexibility index (Phi) is 8.16. The summed E-state index contributed by atoms with van der Waals surface area (Å²) in [6.07, 6.45) is 3.84. The Morgan fingerprint density at radius 2 is 1.73 bits per heavy atom. The third-order valence-electron chi connectivity index (χ3n) is 5.94. The average molecular weight is 534 g/mol. The van der Waals surface area contributed by atoms with E-state index in [1.54, 1.807) is 18.5 Å². The number of ether oxygens (including phenoxy) is 1. The molecule has 5 aromatic rings. The highest BCUT2D eigenvalue weighted by Crippen LogP contribution is 2.31. The first-order valence-corrected chi connectivity index (χ1v) is 12.7. The normalized spacial score (nSPS) is 10.6. The summed E-state index contributed by atoms with van der Waals surface area (Å²) in [5.41, 5.74) is 4.99. The van der Waals surface area contributed by atoms with Crippen molar-refractivity contribution in [1.29, 1.82) is 0 Å². The van der Waals surface area contributed by atoms with Gasteiger partial charge in [-0.25, -0.2) is 15.0 Å². The molecule has 200 valence electrons. The lowest BCUT2D eigenvalue weighted by Crippen LogP contribution is -2.07. The lowest BCUT2D eigenvalue weighted by Gasteiger charge is -2.12. The highest BCUT2D eigenvalue weighted by Gasteiger charge is 2.12. The Bertz CT molecular complexity index is 1600. The van der Waals surface area contributed by atoms with Crippen LogP contribution in [-0.2, 0) is 4.79 Å². The van der Waals surface area contributed by atoms with Crippen molar-refractivity contribution in [2.45, 2.75) is 19.8 Å². The molecule has 0 saturated heterocycles. The molecule has 0 fully saturated rings. The molecule has 3 heterocycles. The van der Waals surface area contributed by atoms with Crippen molar-refractivity contribution in [2.24, 2.45) is 0 Å². The number of carboxylic acids is 1. The number of carboxylic acid groups (broad SMARTS) is 1. The summed E-state index contributed by atoms with van der Waals surface area (Å²) in [6.45, 7) is 2.45. The van der Waals surface area contributed by atoms with Crippen LogP contribution >= 0.6 is 0 Å². The van der Waals surface area contributed by atoms with Gasteiger partial charge in [-0.2, -0.15) is 0 Å². The molecule has 3 aromatic heterocycles. The smallest absolute Gasteiger partial charge is 0.303 e. The molecule has 0 saturated carbocycles. The van der Waals surface area contributed by atoms with Gasteiger partial charge in [0.1, 0.15) is 5.75 Å². The maximum Gasteiger partial charge on any atom is 0.303 e. The summed E-state index contributed by atoms with van der Waals surface area (Å²) in [4.78, 5) is 23.9. The Labute approximate surface area is 231 Å². The number of pyridine rings is 1. The van der Waals surface area contributed by atoms with E-state index in [2.05, 4.69) is 35.8 Å². The van der Waals surface area contributed by atoms with E-state index in [-0.39, 0.29) is 6.42 Å². The third-order valence-corrected chi connectivity index (χ3v) is 5.94. The fourth-order valence-electron chi connectivity index (χ4n) is 3.91. The van der Waals surface area contributed by atoms with Gasteiger partial charge in [-0.1, -0.05) is 30.3 Å². The van der Waals surface area contributed by atoms with Crippen LogP contribution in [0.25, 0.3) is 22.5 Å². The molecule has 0 amide bonds. The second kappa shape index (κ2) is 12.4. The van der Waals surface area contributed by atoms with E-state index in [0.29, 0.717) is 47.6 Å². The standard InChI is InChI=1S/C30H27N7O3/c1-20-19-26(21-7-3-2-4-8-21)36-37-28(20)34-22-11-13-23(14-12-22)40-29-24(9-5-16-31-29)25-15-18-33-30(35-25)32-17-6-10-27(38)39/h2-5,7-9,11-16,18-19H,6,10,17H2,1H3,(H,34,37)(H,38,39)(H,32,33,35). The topological polar surface area (TPSA) is 135 Å². The lowest BCUT2D eigenvalue weighted by atomic mass is 10.1. The molecular weight excluding hydrogens is 506 g/mol. The van der Waals surface area contributed by atoms with Gasteiger partial charge in [0.05, 0.1) is 17.0 Å². The van der Waals surface area contributed by atoms with Crippen molar-refractivity contribution in [3.63, 3.8) is 0 Å². The Morgan fingerprint density at radius 3 is 2.50 bits per heavy atom. The minimum Gasteiger partial charge on any atom is -0.481 e. The van der Waals surface area contributed by atoms with E-state index in [0.717, 1.165) is 22.5 Å². The number of aromatic nitrogens is 5. The number of rotatable bonds is 11. The van der Waals surface area contributed by atoms with Gasteiger partial charge in [0.25, 0.3) is 0 Å². The number of aryl methyl sites for hydroxylation is 1. The van der Waals surface area contributed by atoms with Crippen LogP contribution in [0.4, 0.5) is 17.5 Å². The van der Waals surface area contributed by atoms with Crippen LogP contribution in [0.1, 0.15) is 18.4 Å². The van der Waals surface area contributed by atoms with Gasteiger partial charge in [-0.05, 0) is 67.4 Å². The van der Waals surface area contributed by atoms with Crippen molar-refractivity contribution in [3.05, 3.63) is 96.8 Å². The summed E-state index contributed by atoms with van der Waals surface area (Å²) in [5, 5.41) is 23.9. The van der Waals surface area contributed by atoms with Gasteiger partial charge in [-0.3, -0.25) is 4.79 Å². The lowest BCUT2D eigenvalue weighted by molar-refractivity contribution is -0.137. The molecule has 0 spiro atoms. The zero-order valence-electron chi connectivity index (χ0n) is 21.8. The zero-order valence-corrected chi connectivity index (χ0v) is 21.8. The van der Waals surface area contributed by atoms with E-state index in [1.807, 2.05) is 79.7 Å². The molecule has 0 radical (unpaired) electrons. The molecular formula is C30H27N7O3. The number of hydrogen-bond acceptors (Lipinski definition) is 9. The molecule has 10 heteroatoms. The van der Waals surface area contributed by atoms with E-state index in [4.69, 9.17) is 9.84 Å². The van der Waals surface area contributed by atoms with Gasteiger partial charge < -0.3 is 20.5 Å². The first kappa shape index (κ1) is 26.2. The second-order valence-electron chi connectivity index (χ2n) is 8.92. The molecule has 0 aliphatic carbocycles. The fraction of sp³-hybridized carbons (Fsp3) is 0.133. The number of nitrogens with zero attached hydrogens (tertiary/aromatic N) is 5. The van der Waals surface area contributed by atoms with Gasteiger partial charge in [0.15, 0.2) is 5.82 Å². The number of anilines is 3. The quantitative estimate of drug-likeness (QED) is 0.170. The summed E-state index contributed by atoms with van der Waals surface area (Å²) >= 11 is 0. The maximum absolute atomic E-state index is 10.7. The highest BCUT2D eigenvalue weighted by atomic mass is 16.5. The predicted molar refractivity (Wildman–Crippen MR) is 153 cm³/mol. The summed E-state index contributed by atoms with van der Waals surface area (Å²) < 4.78 is 6.11. The predicted octanol–water partition coefficient (Wildman–Crippen LogP) is 6.12. The summed E-state index contributed by atoms with van der Waals surface area (Å²) in [5.74, 6) is 1.25. The Morgan fingerprint density at radius 1 is 0.900 bits per heavy atom. The molecule has 2 aromatic carbocycles. The fourth-order valence-corrected chi connectivity index (χ4v) is 3.91. The number of hydrogen-bond donors (Lipinski definition) is 3. The van der Waals surface area contributed by atoms with Crippen LogP contribution in [0.3, 0.4) is 0 Å². The van der Waals surface area contributed by atoms with Gasteiger partial charge in [0, 0.05) is 36.6 Å². The van der Waals surface area contributed by atoms with Crippen molar-refractivity contribution >= 4 is 23.4 Å². The molecule has 10 nitrogen and oxygen atoms in total. The molecule has 0 bridgehead atoms. The second-order valence-corrected chi connectivity index (χ2v) is 8.92. The van der Waals surface area contributed by atoms with Gasteiger partial charge in [0.2, 0.25) is 11.8 Å². The molecule has 0 atom stereocenters. The summed E-state index contributed by atoms with van der Waals surface area (Å²) in [6, 6.07) is 24.9. The Balaban J connectivity index is 1.26. The van der Waals surface area contributed by atoms with Crippen LogP contribution in [-0.4, -0.2) is 42.8 Å². The molecule has 0 aliphatic heterocycles. The van der Waals surface area contributed by atoms with E-state index in [9.17, 15) is 4.79 Å². The monoisotopic (exact) mass is 533 g/mol. The number of aliphatic carboxylic acids is 1. The highest BCUT2D eigenvalue weighted by molar-refractivity contribution is 5.68. The number of carbonyl (C=O) groups is 1. The average Bonchev–Trinajstić information content (AvgIpc) is 2.98. The van der Waals surface area contributed by atoms with Crippen LogP contribution in [0.5, 0.6) is 11.6 Å². The molecule has 0 unspecified atom stereocenters. The molecule has 5 rings (SSSR count). The van der Waals surface area contributed by atoms with E-state index >= 15 is 0 Å². The van der Waals surface area contributed by atoms with Crippen molar-refractivity contribution in [2.75, 3.05) is 17.2 Å². The van der Waals surface area contributed by atoms with Crippen LogP contribution in [0.15, 0.2) is 91.3 Å². The van der Waals surface area contributed by atoms with Gasteiger partial charge in [-0.15, -0.1) is 10.2 Å². The minimum absolute atomic E-state index is 0.0785. The number of benzene rings is 2. The largest absolute Gasteiger partial charge is 0.481 e. The van der Waals surface area contributed by atoms with Crippen LogP contribution in [0.2, 0.25) is 0 Å². The maximum atomic E-state index is 10.7. The van der Waals surface area contributed by atoms with Crippen molar-refractivity contribution in [1.82, 2.24) is 25.1 Å². The van der Waals surface area contributed by atoms with Crippen LogP contribution < -0.4 is 15.4 Å². The SMILES string of the molecule is Cc1cc(-c2ccccc2)nnc1Nc1ccc(Oc2ncccc2-c2ccnc(NCCCC(=O)O)n2)cc1. The molecule has 0 aliphatic rings. The first-order valence-electron chi connectivity index (χ1n) is 12.7. The van der Waals surface area contributed by atoms with Crippen molar-refractivity contribution in [3.8, 4) is 34.1 Å². The number of nitrogens with one attached hydrogen (secondary N) is 2. The first-order chi connectivity index (χ1) is 19.5. The van der Waals surface area contributed by atoms with E-state index in [1.165, 1.54) is 0 Å². The van der Waals surface area contributed by atoms with Crippen LogP contribution in [0, 0.1) is 6.92 Å². The van der Waals surface area contributed by atoms with Crippen molar-refractivity contribution < 1.29 is 14.6 Å². The minimum atomic E-state index is -0.835. The zero-order chi connectivity index (χ0) is 27.7. The summed E-state index contributed by atoms with van der Waals surface area (Å²) in [7, 11) is 0. The third kappa shape index (κ3) is 6.73.